The molecule has 0 nitrogen and oxygen atoms in total. The van der Waals surface area contributed by atoms with Crippen molar-refractivity contribution >= 4 is 0 Å². The average Bonchev–Trinajstić information content (AvgIpc) is 1.97. The molecule has 0 unspecified atom stereocenters. The molecule has 0 aromatic rings. The van der Waals surface area contributed by atoms with E-state index in [-0.39, 0.29) is 0 Å². The predicted molar refractivity (Wildman–Crippen MR) is 55.1 cm³/mol. The third kappa shape index (κ3) is 1.63. The largest absolute Gasteiger partial charge is 0.0698 e. The van der Waals surface area contributed by atoms with E-state index in [9.17, 15) is 0 Å². The Morgan fingerprint density at radius 1 is 0.917 bits per heavy atom. The lowest BCUT2D eigenvalue weighted by Gasteiger charge is -2.24. The van der Waals surface area contributed by atoms with Gasteiger partial charge in [-0.3, -0.25) is 0 Å². The van der Waals surface area contributed by atoms with Crippen molar-refractivity contribution in [2.45, 2.75) is 47.5 Å². The molecular weight excluding hydrogens is 144 g/mol. The highest BCUT2D eigenvalue weighted by molar-refractivity contribution is 5.40. The van der Waals surface area contributed by atoms with Crippen molar-refractivity contribution in [2.24, 2.45) is 5.92 Å². The maximum atomic E-state index is 2.29. The molecule has 0 spiro atoms. The van der Waals surface area contributed by atoms with Gasteiger partial charge in [-0.25, -0.2) is 0 Å². The molecule has 0 amide bonds. The van der Waals surface area contributed by atoms with Crippen molar-refractivity contribution in [3.63, 3.8) is 0 Å². The molecule has 0 aromatic heterocycles. The number of rotatable bonds is 1. The molecule has 0 saturated heterocycles. The Morgan fingerprint density at radius 2 is 1.42 bits per heavy atom. The Hall–Kier alpha value is -0.520. The fourth-order valence-electron chi connectivity index (χ4n) is 2.17. The fraction of sp³-hybridized carbons (Fsp3) is 0.667. The van der Waals surface area contributed by atoms with Crippen LogP contribution in [0.2, 0.25) is 0 Å². The summed E-state index contributed by atoms with van der Waals surface area (Å²) in [7, 11) is 0. The lowest BCUT2D eigenvalue weighted by Crippen LogP contribution is -2.06. The molecule has 0 heteroatoms. The summed E-state index contributed by atoms with van der Waals surface area (Å²) in [4.78, 5) is 0. The zero-order valence-electron chi connectivity index (χ0n) is 8.99. The minimum atomic E-state index is 0.695. The van der Waals surface area contributed by atoms with Gasteiger partial charge in [-0.1, -0.05) is 25.0 Å². The van der Waals surface area contributed by atoms with E-state index in [2.05, 4.69) is 34.6 Å². The van der Waals surface area contributed by atoms with Crippen molar-refractivity contribution in [1.29, 1.82) is 0 Å². The second-order valence-corrected chi connectivity index (χ2v) is 4.25. The van der Waals surface area contributed by atoms with Gasteiger partial charge in [-0.15, -0.1) is 0 Å². The van der Waals surface area contributed by atoms with Gasteiger partial charge in [0.2, 0.25) is 0 Å². The lowest BCUT2D eigenvalue weighted by molar-refractivity contribution is 0.723. The third-order valence-corrected chi connectivity index (χ3v) is 2.96. The van der Waals surface area contributed by atoms with Crippen LogP contribution >= 0.6 is 0 Å². The van der Waals surface area contributed by atoms with E-state index in [4.69, 9.17) is 0 Å². The zero-order valence-corrected chi connectivity index (χ0v) is 8.99. The first-order valence-corrected chi connectivity index (χ1v) is 4.90. The maximum Gasteiger partial charge on any atom is -0.0217 e. The van der Waals surface area contributed by atoms with Crippen molar-refractivity contribution < 1.29 is 0 Å². The maximum absolute atomic E-state index is 2.29. The number of hydrogen-bond donors (Lipinski definition) is 0. The van der Waals surface area contributed by atoms with Crippen LogP contribution < -0.4 is 0 Å². The smallest absolute Gasteiger partial charge is 0.0217 e. The first kappa shape index (κ1) is 9.57. The van der Waals surface area contributed by atoms with Gasteiger partial charge in [0, 0.05) is 0 Å². The highest BCUT2D eigenvalue weighted by Gasteiger charge is 2.15. The van der Waals surface area contributed by atoms with E-state index in [0.717, 1.165) is 0 Å². The topological polar surface area (TPSA) is 0 Å². The highest BCUT2D eigenvalue weighted by Crippen LogP contribution is 2.33. The van der Waals surface area contributed by atoms with Gasteiger partial charge >= 0.3 is 0 Å². The minimum absolute atomic E-state index is 0.695. The Bertz CT molecular complexity index is 239. The monoisotopic (exact) mass is 164 g/mol. The molecule has 1 rings (SSSR count). The molecule has 0 atom stereocenters. The van der Waals surface area contributed by atoms with Crippen molar-refractivity contribution in [1.82, 2.24) is 0 Å². The van der Waals surface area contributed by atoms with E-state index in [0.29, 0.717) is 5.92 Å². The molecule has 0 aromatic carbocycles. The summed E-state index contributed by atoms with van der Waals surface area (Å²) >= 11 is 0. The Morgan fingerprint density at radius 3 is 1.83 bits per heavy atom. The van der Waals surface area contributed by atoms with E-state index in [1.54, 1.807) is 22.3 Å². The quantitative estimate of drug-likeness (QED) is 0.547. The summed E-state index contributed by atoms with van der Waals surface area (Å²) in [5.74, 6) is 0.695. The molecule has 68 valence electrons. The van der Waals surface area contributed by atoms with Crippen LogP contribution in [-0.2, 0) is 0 Å². The van der Waals surface area contributed by atoms with Gasteiger partial charge < -0.3 is 0 Å². The fourth-order valence-corrected chi connectivity index (χ4v) is 2.17. The van der Waals surface area contributed by atoms with Gasteiger partial charge in [0.25, 0.3) is 0 Å². The van der Waals surface area contributed by atoms with Gasteiger partial charge in [0.05, 0.1) is 0 Å². The van der Waals surface area contributed by atoms with E-state index < -0.39 is 0 Å². The zero-order chi connectivity index (χ0) is 9.30. The van der Waals surface area contributed by atoms with Crippen LogP contribution in [-0.4, -0.2) is 0 Å². The Balaban J connectivity index is 3.07. The van der Waals surface area contributed by atoms with Crippen LogP contribution in [0.3, 0.4) is 0 Å². The van der Waals surface area contributed by atoms with Crippen LogP contribution in [0.15, 0.2) is 22.3 Å². The molecule has 0 N–H and O–H groups in total. The van der Waals surface area contributed by atoms with Gasteiger partial charge in [-0.05, 0) is 50.7 Å². The Labute approximate surface area is 76.4 Å². The van der Waals surface area contributed by atoms with E-state index >= 15 is 0 Å². The van der Waals surface area contributed by atoms with Crippen LogP contribution in [0.1, 0.15) is 47.5 Å². The molecular formula is C12H20. The molecule has 0 fully saturated rings. The molecule has 0 heterocycles. The summed E-state index contributed by atoms with van der Waals surface area (Å²) in [5.41, 5.74) is 6.35. The average molecular weight is 164 g/mol. The summed E-state index contributed by atoms with van der Waals surface area (Å²) in [6.07, 6.45) is 2.55. The Kier molecular flexibility index (Phi) is 2.76. The van der Waals surface area contributed by atoms with Gasteiger partial charge in [0.15, 0.2) is 0 Å². The normalized spacial score (nSPS) is 19.5. The van der Waals surface area contributed by atoms with Crippen molar-refractivity contribution in [3.05, 3.63) is 22.3 Å². The molecule has 1 aliphatic carbocycles. The number of allylic oxidation sites excluding steroid dienone is 4. The second kappa shape index (κ2) is 3.47. The number of hydrogen-bond acceptors (Lipinski definition) is 0. The molecule has 0 bridgehead atoms. The second-order valence-electron chi connectivity index (χ2n) is 4.25. The van der Waals surface area contributed by atoms with Gasteiger partial charge in [-0.2, -0.15) is 0 Å². The standard InChI is InChI=1S/C12H20/c1-8(2)12-10(4)7-6-9(3)11(12)5/h8H,6-7H2,1-5H3. The van der Waals surface area contributed by atoms with Crippen LogP contribution in [0, 0.1) is 5.92 Å². The van der Waals surface area contributed by atoms with Crippen LogP contribution in [0.4, 0.5) is 0 Å². The van der Waals surface area contributed by atoms with Crippen LogP contribution in [0.25, 0.3) is 0 Å². The highest BCUT2D eigenvalue weighted by atomic mass is 14.2. The first-order chi connectivity index (χ1) is 5.54. The molecule has 12 heavy (non-hydrogen) atoms. The van der Waals surface area contributed by atoms with Crippen molar-refractivity contribution in [3.8, 4) is 0 Å². The van der Waals surface area contributed by atoms with Crippen molar-refractivity contribution in [2.75, 3.05) is 0 Å². The van der Waals surface area contributed by atoms with E-state index in [1.165, 1.54) is 12.8 Å². The lowest BCUT2D eigenvalue weighted by atomic mass is 9.82. The summed E-state index contributed by atoms with van der Waals surface area (Å²) in [6, 6.07) is 0. The molecule has 1 aliphatic rings. The van der Waals surface area contributed by atoms with Gasteiger partial charge in [0.1, 0.15) is 0 Å². The molecule has 0 radical (unpaired) electrons. The summed E-state index contributed by atoms with van der Waals surface area (Å²) < 4.78 is 0. The summed E-state index contributed by atoms with van der Waals surface area (Å²) in [5, 5.41) is 0. The third-order valence-electron chi connectivity index (χ3n) is 2.96. The molecule has 0 aliphatic heterocycles. The first-order valence-electron chi connectivity index (χ1n) is 4.90. The SMILES string of the molecule is CC1=C(C)C(C(C)C)=C(C)CC1. The van der Waals surface area contributed by atoms with E-state index in [1.807, 2.05) is 0 Å². The predicted octanol–water partition coefficient (Wildman–Crippen LogP) is 4.09. The summed E-state index contributed by atoms with van der Waals surface area (Å²) in [6.45, 7) is 11.4. The van der Waals surface area contributed by atoms with Crippen LogP contribution in [0.5, 0.6) is 0 Å². The minimum Gasteiger partial charge on any atom is -0.0698 e. The molecule has 0 saturated carbocycles.